The largest absolute Gasteiger partial charge is 0.429 e. The molecular formula is C35H45N3O6. The summed E-state index contributed by atoms with van der Waals surface area (Å²) in [5.74, 6) is -1.78. The van der Waals surface area contributed by atoms with Crippen LogP contribution in [-0.2, 0) is 29.3 Å². The van der Waals surface area contributed by atoms with E-state index in [9.17, 15) is 14.4 Å². The van der Waals surface area contributed by atoms with E-state index in [2.05, 4.69) is 10.7 Å². The summed E-state index contributed by atoms with van der Waals surface area (Å²) in [5, 5.41) is 4.30. The minimum Gasteiger partial charge on any atom is -0.390 e. The Morgan fingerprint density at radius 3 is 1.66 bits per heavy atom. The van der Waals surface area contributed by atoms with Gasteiger partial charge >= 0.3 is 12.1 Å². The number of hydrogen-bond donors (Lipinski definition) is 2. The summed E-state index contributed by atoms with van der Waals surface area (Å²) in [6.45, 7) is 9.91. The van der Waals surface area contributed by atoms with Gasteiger partial charge in [0.1, 0.15) is 17.9 Å². The Balaban J connectivity index is 1.99. The molecule has 0 saturated carbocycles. The first-order valence-electron chi connectivity index (χ1n) is 15.2. The maximum atomic E-state index is 14.0. The van der Waals surface area contributed by atoms with Gasteiger partial charge in [0, 0.05) is 13.5 Å². The third-order valence-electron chi connectivity index (χ3n) is 7.12. The van der Waals surface area contributed by atoms with Gasteiger partial charge in [-0.1, -0.05) is 105 Å². The van der Waals surface area contributed by atoms with Crippen LogP contribution < -0.4 is 10.7 Å². The van der Waals surface area contributed by atoms with E-state index >= 15 is 0 Å². The highest BCUT2D eigenvalue weighted by molar-refractivity contribution is 5.84. The third-order valence-corrected chi connectivity index (χ3v) is 7.12. The molecular weight excluding hydrogens is 558 g/mol. The van der Waals surface area contributed by atoms with Crippen LogP contribution in [0, 0.1) is 5.92 Å². The molecule has 0 heterocycles. The minimum absolute atomic E-state index is 0.227. The van der Waals surface area contributed by atoms with Gasteiger partial charge in [0.05, 0.1) is 19.6 Å². The number of hydrazine groups is 1. The van der Waals surface area contributed by atoms with E-state index in [0.717, 1.165) is 28.1 Å². The first kappa shape index (κ1) is 34.4. The van der Waals surface area contributed by atoms with Crippen molar-refractivity contribution < 1.29 is 28.6 Å². The van der Waals surface area contributed by atoms with Crippen LogP contribution in [0.5, 0.6) is 0 Å². The monoisotopic (exact) mass is 603 g/mol. The molecule has 3 aromatic rings. The number of benzene rings is 3. The summed E-state index contributed by atoms with van der Waals surface area (Å²) in [6.07, 6.45) is 0.0524. The summed E-state index contributed by atoms with van der Waals surface area (Å²) >= 11 is 0. The highest BCUT2D eigenvalue weighted by Gasteiger charge is 2.40. The molecule has 0 saturated heterocycles. The van der Waals surface area contributed by atoms with Gasteiger partial charge in [-0.15, -0.1) is 0 Å². The number of carbonyl (C=O) groups excluding carboxylic acids is 3. The quantitative estimate of drug-likeness (QED) is 0.0871. The van der Waals surface area contributed by atoms with Crippen LogP contribution in [0.15, 0.2) is 91.0 Å². The number of hydrogen-bond acceptors (Lipinski definition) is 7. The second-order valence-corrected chi connectivity index (χ2v) is 10.9. The molecule has 0 spiro atoms. The van der Waals surface area contributed by atoms with Crippen LogP contribution in [0.1, 0.15) is 64.2 Å². The van der Waals surface area contributed by atoms with Crippen molar-refractivity contribution in [2.75, 3.05) is 19.8 Å². The average molecular weight is 604 g/mol. The van der Waals surface area contributed by atoms with Crippen molar-refractivity contribution in [1.29, 1.82) is 0 Å². The van der Waals surface area contributed by atoms with Crippen LogP contribution in [0.3, 0.4) is 0 Å². The van der Waals surface area contributed by atoms with Crippen LogP contribution in [-0.4, -0.2) is 55.1 Å². The molecule has 0 bridgehead atoms. The topological polar surface area (TPSA) is 106 Å². The lowest BCUT2D eigenvalue weighted by atomic mass is 9.77. The van der Waals surface area contributed by atoms with E-state index in [1.54, 1.807) is 13.8 Å². The Bertz CT molecular complexity index is 1200. The van der Waals surface area contributed by atoms with E-state index in [0.29, 0.717) is 18.7 Å². The number of nitrogens with zero attached hydrogens (tertiary/aromatic N) is 1. The van der Waals surface area contributed by atoms with Gasteiger partial charge in [-0.25, -0.2) is 15.2 Å². The molecule has 44 heavy (non-hydrogen) atoms. The second-order valence-electron chi connectivity index (χ2n) is 10.9. The van der Waals surface area contributed by atoms with Gasteiger partial charge in [0.15, 0.2) is 0 Å². The van der Waals surface area contributed by atoms with Gasteiger partial charge in [-0.3, -0.25) is 4.79 Å². The molecule has 2 N–H and O–H groups in total. The second kappa shape index (κ2) is 16.7. The van der Waals surface area contributed by atoms with Crippen molar-refractivity contribution in [3.8, 4) is 0 Å². The number of amides is 2. The smallest absolute Gasteiger partial charge is 0.390 e. The first-order valence-corrected chi connectivity index (χ1v) is 15.2. The van der Waals surface area contributed by atoms with Crippen molar-refractivity contribution in [2.24, 2.45) is 5.92 Å². The summed E-state index contributed by atoms with van der Waals surface area (Å²) in [5.41, 5.74) is 4.44. The average Bonchev–Trinajstić information content (AvgIpc) is 3.02. The molecule has 0 radical (unpaired) electrons. The maximum absolute atomic E-state index is 14.0. The molecule has 3 rings (SSSR count). The molecule has 1 unspecified atom stereocenters. The first-order chi connectivity index (χ1) is 21.2. The standard InChI is InChI=1S/C35H45N3O6/c1-6-42-34(5,43-7-2)44-33(41)38(36-24-23-27(3)4)31(26-39)25-32(40)37-35(28-17-11-8-12-18-28,29-19-13-9-14-20-29)30-21-15-10-16-22-30/h8-22,26-27,31,36H,6-7,23-25H2,1-5H3,(H,37,40). The maximum Gasteiger partial charge on any atom is 0.429 e. The lowest BCUT2D eigenvalue weighted by Gasteiger charge is -2.38. The zero-order chi connectivity index (χ0) is 32.0. The summed E-state index contributed by atoms with van der Waals surface area (Å²) in [4.78, 5) is 40.1. The minimum atomic E-state index is -1.67. The molecule has 236 valence electrons. The number of ether oxygens (including phenoxy) is 3. The van der Waals surface area contributed by atoms with Crippen LogP contribution >= 0.6 is 0 Å². The fraction of sp³-hybridized carbons (Fsp3) is 0.400. The lowest BCUT2D eigenvalue weighted by Crippen LogP contribution is -2.56. The number of rotatable bonds is 17. The lowest BCUT2D eigenvalue weighted by molar-refractivity contribution is -0.344. The van der Waals surface area contributed by atoms with Gasteiger partial charge in [0.2, 0.25) is 5.91 Å². The molecule has 0 fully saturated rings. The molecule has 1 atom stereocenters. The molecule has 0 aliphatic carbocycles. The van der Waals surface area contributed by atoms with E-state index in [4.69, 9.17) is 14.2 Å². The molecule has 9 heteroatoms. The molecule has 9 nitrogen and oxygen atoms in total. The predicted octanol–water partition coefficient (Wildman–Crippen LogP) is 5.79. The van der Waals surface area contributed by atoms with Crippen LogP contribution in [0.25, 0.3) is 0 Å². The number of nitrogens with one attached hydrogen (secondary N) is 2. The molecule has 0 aromatic heterocycles. The van der Waals surface area contributed by atoms with E-state index in [1.807, 2.05) is 105 Å². The van der Waals surface area contributed by atoms with Gasteiger partial charge < -0.3 is 24.3 Å². The molecule has 0 aliphatic heterocycles. The van der Waals surface area contributed by atoms with E-state index < -0.39 is 29.6 Å². The van der Waals surface area contributed by atoms with Crippen molar-refractivity contribution in [3.05, 3.63) is 108 Å². The van der Waals surface area contributed by atoms with Crippen molar-refractivity contribution >= 4 is 18.3 Å². The number of carbonyl (C=O) groups is 3. The molecule has 0 aliphatic rings. The number of aldehydes is 1. The Kier molecular flexibility index (Phi) is 13.1. The van der Waals surface area contributed by atoms with Gasteiger partial charge in [-0.2, -0.15) is 0 Å². The zero-order valence-electron chi connectivity index (χ0n) is 26.3. The SMILES string of the molecule is CCOC(C)(OCC)OC(=O)N(NCCC(C)C)C(C=O)CC(=O)NC(c1ccccc1)(c1ccccc1)c1ccccc1. The predicted molar refractivity (Wildman–Crippen MR) is 169 cm³/mol. The van der Waals surface area contributed by atoms with Crippen molar-refractivity contribution in [1.82, 2.24) is 15.8 Å². The zero-order valence-corrected chi connectivity index (χ0v) is 26.3. The third kappa shape index (κ3) is 8.98. The highest BCUT2D eigenvalue weighted by Crippen LogP contribution is 2.37. The molecule has 3 aromatic carbocycles. The fourth-order valence-corrected chi connectivity index (χ4v) is 5.05. The van der Waals surface area contributed by atoms with Crippen LogP contribution in [0.2, 0.25) is 0 Å². The summed E-state index contributed by atoms with van der Waals surface area (Å²) in [7, 11) is 0. The summed E-state index contributed by atoms with van der Waals surface area (Å²) in [6, 6.07) is 27.8. The molecule has 2 amide bonds. The normalized spacial score (nSPS) is 12.4. The van der Waals surface area contributed by atoms with Crippen LogP contribution in [0.4, 0.5) is 4.79 Å². The fourth-order valence-electron chi connectivity index (χ4n) is 5.05. The Hall–Kier alpha value is -4.05. The Morgan fingerprint density at radius 1 is 0.818 bits per heavy atom. The van der Waals surface area contributed by atoms with Crippen molar-refractivity contribution in [2.45, 2.75) is 65.0 Å². The van der Waals surface area contributed by atoms with Crippen molar-refractivity contribution in [3.63, 3.8) is 0 Å². The van der Waals surface area contributed by atoms with E-state index in [-0.39, 0.29) is 19.6 Å². The Labute approximate surface area is 260 Å². The van der Waals surface area contributed by atoms with Gasteiger partial charge in [-0.05, 0) is 42.9 Å². The summed E-state index contributed by atoms with van der Waals surface area (Å²) < 4.78 is 16.7. The highest BCUT2D eigenvalue weighted by atomic mass is 16.9. The van der Waals surface area contributed by atoms with Gasteiger partial charge in [0.25, 0.3) is 0 Å². The Morgan fingerprint density at radius 2 is 1.27 bits per heavy atom. The van der Waals surface area contributed by atoms with E-state index in [1.165, 1.54) is 6.92 Å².